The van der Waals surface area contributed by atoms with Crippen molar-refractivity contribution < 1.29 is 12.8 Å². The van der Waals surface area contributed by atoms with Gasteiger partial charge >= 0.3 is 0 Å². The van der Waals surface area contributed by atoms with Crippen LogP contribution in [0.15, 0.2) is 56.8 Å². The monoisotopic (exact) mass is 433 g/mol. The van der Waals surface area contributed by atoms with E-state index < -0.39 is 9.84 Å². The molecule has 0 spiro atoms. The van der Waals surface area contributed by atoms with Gasteiger partial charge in [-0.05, 0) is 38.4 Å². The zero-order valence-electron chi connectivity index (χ0n) is 16.8. The number of nitrogens with zero attached hydrogens (tertiary/aromatic N) is 2. The number of nitrogens with one attached hydrogen (secondary N) is 1. The van der Waals surface area contributed by atoms with E-state index in [1.807, 2.05) is 26.2 Å². The lowest BCUT2D eigenvalue weighted by atomic mass is 10.4. The predicted molar refractivity (Wildman–Crippen MR) is 120 cm³/mol. The van der Waals surface area contributed by atoms with E-state index in [-0.39, 0.29) is 17.2 Å². The Balaban J connectivity index is 1.87. The normalized spacial score (nSPS) is 12.1. The van der Waals surface area contributed by atoms with Crippen LogP contribution in [0.25, 0.3) is 0 Å². The minimum absolute atomic E-state index is 0.199. The SMILES string of the molecule is C#CCNC(CS(=O)(=O)c1ccccc1)=NCCSCc1ccc(CN(C)C)o1. The van der Waals surface area contributed by atoms with Crippen LogP contribution in [0.1, 0.15) is 11.5 Å². The van der Waals surface area contributed by atoms with E-state index in [9.17, 15) is 8.42 Å². The zero-order valence-corrected chi connectivity index (χ0v) is 18.4. The van der Waals surface area contributed by atoms with Gasteiger partial charge in [0.25, 0.3) is 0 Å². The first-order chi connectivity index (χ1) is 13.9. The predicted octanol–water partition coefficient (Wildman–Crippen LogP) is 2.67. The molecular formula is C21H27N3O3S2. The van der Waals surface area contributed by atoms with Crippen molar-refractivity contribution in [2.24, 2.45) is 4.99 Å². The first-order valence-electron chi connectivity index (χ1n) is 9.19. The summed E-state index contributed by atoms with van der Waals surface area (Å²) in [5.74, 6) is 6.00. The largest absolute Gasteiger partial charge is 0.464 e. The standard InChI is InChI=1S/C21H27N3O3S2/c1-4-12-22-21(17-29(25,26)20-8-6-5-7-9-20)23-13-14-28-16-19-11-10-18(27-19)15-24(2)3/h1,5-11H,12-17H2,2-3H3,(H,22,23). The molecule has 0 aliphatic rings. The van der Waals surface area contributed by atoms with Crippen LogP contribution in [0.3, 0.4) is 0 Å². The molecule has 1 aromatic carbocycles. The lowest BCUT2D eigenvalue weighted by Crippen LogP contribution is -2.31. The Morgan fingerprint density at radius 3 is 2.62 bits per heavy atom. The second-order valence-corrected chi connectivity index (χ2v) is 9.71. The first-order valence-corrected chi connectivity index (χ1v) is 12.0. The summed E-state index contributed by atoms with van der Waals surface area (Å²) >= 11 is 1.69. The van der Waals surface area contributed by atoms with Gasteiger partial charge in [-0.2, -0.15) is 11.8 Å². The second-order valence-electron chi connectivity index (χ2n) is 6.62. The van der Waals surface area contributed by atoms with Crippen molar-refractivity contribution in [3.63, 3.8) is 0 Å². The van der Waals surface area contributed by atoms with Gasteiger partial charge in [0.05, 0.1) is 30.3 Å². The zero-order chi connectivity index (χ0) is 21.1. The first kappa shape index (κ1) is 23.1. The Morgan fingerprint density at radius 2 is 1.93 bits per heavy atom. The molecule has 8 heteroatoms. The second kappa shape index (κ2) is 11.7. The van der Waals surface area contributed by atoms with Gasteiger partial charge in [-0.3, -0.25) is 4.99 Å². The van der Waals surface area contributed by atoms with Crippen LogP contribution in [0.4, 0.5) is 0 Å². The number of rotatable bonds is 11. The van der Waals surface area contributed by atoms with Gasteiger partial charge in [0.1, 0.15) is 23.1 Å². The van der Waals surface area contributed by atoms with Crippen LogP contribution in [0.5, 0.6) is 0 Å². The summed E-state index contributed by atoms with van der Waals surface area (Å²) in [4.78, 5) is 6.75. The number of aliphatic imine (C=N–C) groups is 1. The molecule has 0 radical (unpaired) electrons. The average molecular weight is 434 g/mol. The Labute approximate surface area is 177 Å². The maximum Gasteiger partial charge on any atom is 0.185 e. The molecular weight excluding hydrogens is 406 g/mol. The van der Waals surface area contributed by atoms with E-state index in [4.69, 9.17) is 10.8 Å². The van der Waals surface area contributed by atoms with E-state index >= 15 is 0 Å². The van der Waals surface area contributed by atoms with Crippen molar-refractivity contribution in [3.05, 3.63) is 54.0 Å². The van der Waals surface area contributed by atoms with Crippen molar-refractivity contribution in [1.29, 1.82) is 0 Å². The summed E-state index contributed by atoms with van der Waals surface area (Å²) < 4.78 is 30.9. The third-order valence-electron chi connectivity index (χ3n) is 3.80. The molecule has 6 nitrogen and oxygen atoms in total. The molecule has 0 saturated heterocycles. The van der Waals surface area contributed by atoms with Gasteiger partial charge in [0.2, 0.25) is 0 Å². The summed E-state index contributed by atoms with van der Waals surface area (Å²) in [7, 11) is 0.527. The van der Waals surface area contributed by atoms with Crippen LogP contribution >= 0.6 is 11.8 Å². The average Bonchev–Trinajstić information content (AvgIpc) is 3.12. The lowest BCUT2D eigenvalue weighted by molar-refractivity contribution is 0.344. The summed E-state index contributed by atoms with van der Waals surface area (Å²) in [6.45, 7) is 1.50. The summed E-state index contributed by atoms with van der Waals surface area (Å²) in [6.07, 6.45) is 5.29. The van der Waals surface area contributed by atoms with Crippen LogP contribution in [-0.2, 0) is 22.1 Å². The molecule has 0 aliphatic carbocycles. The Kier molecular flexibility index (Phi) is 9.32. The summed E-state index contributed by atoms with van der Waals surface area (Å²) in [5, 5.41) is 2.93. The number of terminal acetylenes is 1. The van der Waals surface area contributed by atoms with E-state index in [2.05, 4.69) is 21.1 Å². The van der Waals surface area contributed by atoms with Crippen LogP contribution in [0, 0.1) is 12.3 Å². The highest BCUT2D eigenvalue weighted by molar-refractivity contribution is 7.98. The third kappa shape index (κ3) is 8.36. The van der Waals surface area contributed by atoms with E-state index in [0.717, 1.165) is 29.6 Å². The van der Waals surface area contributed by atoms with E-state index in [1.54, 1.807) is 42.1 Å². The molecule has 0 unspecified atom stereocenters. The Bertz CT molecular complexity index is 930. The number of sulfone groups is 1. The van der Waals surface area contributed by atoms with Crippen molar-refractivity contribution in [1.82, 2.24) is 10.2 Å². The van der Waals surface area contributed by atoms with Crippen LogP contribution in [-0.4, -0.2) is 57.8 Å². The van der Waals surface area contributed by atoms with Gasteiger partial charge < -0.3 is 14.6 Å². The highest BCUT2D eigenvalue weighted by Gasteiger charge is 2.17. The quantitative estimate of drug-likeness (QED) is 0.254. The molecule has 0 aliphatic heterocycles. The smallest absolute Gasteiger partial charge is 0.185 e. The number of benzene rings is 1. The van der Waals surface area contributed by atoms with Gasteiger partial charge in [0.15, 0.2) is 9.84 Å². The molecule has 0 amide bonds. The molecule has 1 aromatic heterocycles. The Morgan fingerprint density at radius 1 is 1.21 bits per heavy atom. The number of hydrogen-bond donors (Lipinski definition) is 1. The molecule has 156 valence electrons. The fourth-order valence-corrected chi connectivity index (χ4v) is 4.52. The van der Waals surface area contributed by atoms with Crippen molar-refractivity contribution in [3.8, 4) is 12.3 Å². The molecule has 0 fully saturated rings. The molecule has 29 heavy (non-hydrogen) atoms. The minimum atomic E-state index is -3.47. The number of thioether (sulfide) groups is 1. The van der Waals surface area contributed by atoms with Gasteiger partial charge in [0, 0.05) is 5.75 Å². The summed E-state index contributed by atoms with van der Waals surface area (Å²) in [6, 6.07) is 12.3. The fraction of sp³-hybridized carbons (Fsp3) is 0.381. The highest BCUT2D eigenvalue weighted by atomic mass is 32.2. The van der Waals surface area contributed by atoms with Gasteiger partial charge in [-0.25, -0.2) is 8.42 Å². The van der Waals surface area contributed by atoms with Crippen molar-refractivity contribution >= 4 is 27.4 Å². The molecule has 1 N–H and O–H groups in total. The van der Waals surface area contributed by atoms with E-state index in [0.29, 0.717) is 12.4 Å². The maximum atomic E-state index is 12.6. The van der Waals surface area contributed by atoms with E-state index in [1.165, 1.54) is 0 Å². The highest BCUT2D eigenvalue weighted by Crippen LogP contribution is 2.16. The topological polar surface area (TPSA) is 74.9 Å². The third-order valence-corrected chi connectivity index (χ3v) is 6.40. The molecule has 0 saturated carbocycles. The Hall–Kier alpha value is -2.21. The minimum Gasteiger partial charge on any atom is -0.464 e. The molecule has 2 aromatic rings. The number of amidine groups is 1. The lowest BCUT2D eigenvalue weighted by Gasteiger charge is -2.09. The maximum absolute atomic E-state index is 12.6. The fourth-order valence-electron chi connectivity index (χ4n) is 2.51. The molecule has 2 rings (SSSR count). The summed E-state index contributed by atoms with van der Waals surface area (Å²) in [5.41, 5.74) is 0. The number of hydrogen-bond acceptors (Lipinski definition) is 6. The van der Waals surface area contributed by atoms with Crippen molar-refractivity contribution in [2.75, 3.05) is 38.7 Å². The molecule has 0 bridgehead atoms. The molecule has 0 atom stereocenters. The van der Waals surface area contributed by atoms with Gasteiger partial charge in [-0.1, -0.05) is 24.1 Å². The van der Waals surface area contributed by atoms with Crippen LogP contribution < -0.4 is 5.32 Å². The van der Waals surface area contributed by atoms with Gasteiger partial charge in [-0.15, -0.1) is 6.42 Å². The van der Waals surface area contributed by atoms with Crippen molar-refractivity contribution in [2.45, 2.75) is 17.2 Å². The number of furan rings is 1. The molecule has 1 heterocycles. The van der Waals surface area contributed by atoms with Crippen LogP contribution in [0.2, 0.25) is 0 Å².